The van der Waals surface area contributed by atoms with Gasteiger partial charge in [-0.05, 0) is 122 Å². The summed E-state index contributed by atoms with van der Waals surface area (Å²) >= 11 is 0. The van der Waals surface area contributed by atoms with Crippen molar-refractivity contribution >= 4 is 19.8 Å². The van der Waals surface area contributed by atoms with E-state index in [9.17, 15) is 19.0 Å². The number of hydrogen-bond acceptors (Lipinski definition) is 8. The molecule has 0 heterocycles. The molecule has 0 aromatic heterocycles. The summed E-state index contributed by atoms with van der Waals surface area (Å²) in [5, 5.41) is 0. The SMILES string of the molecule is CC/C=C\C/C=C\C/C=C\C/C=C\C/C=C\C/C=C\C/C=C\C/C=C\C/C=C\C/C=C\C/C=C\CCCCCCCC(=O)OC(COC(=O)CCCCCCCCC/C=C\CCCCCCCC)COP(=O)(O)OCCN. The van der Waals surface area contributed by atoms with E-state index in [2.05, 4.69) is 160 Å². The van der Waals surface area contributed by atoms with Gasteiger partial charge in [0.25, 0.3) is 0 Å². The van der Waals surface area contributed by atoms with E-state index in [1.54, 1.807) is 0 Å². The number of ether oxygens (including phenoxy) is 2. The van der Waals surface area contributed by atoms with Crippen molar-refractivity contribution in [1.29, 1.82) is 0 Å². The maximum Gasteiger partial charge on any atom is 0.472 e. The Kier molecular flexibility index (Phi) is 57.8. The molecule has 0 saturated carbocycles. The van der Waals surface area contributed by atoms with Gasteiger partial charge in [-0.25, -0.2) is 4.57 Å². The minimum Gasteiger partial charge on any atom is -0.462 e. The number of phosphoric acid groups is 1. The highest BCUT2D eigenvalue weighted by molar-refractivity contribution is 7.47. The van der Waals surface area contributed by atoms with Crippen molar-refractivity contribution in [1.82, 2.24) is 0 Å². The van der Waals surface area contributed by atoms with Gasteiger partial charge in [-0.2, -0.15) is 0 Å². The van der Waals surface area contributed by atoms with Crippen LogP contribution in [0.15, 0.2) is 146 Å². The second-order valence-electron chi connectivity index (χ2n) is 19.5. The van der Waals surface area contributed by atoms with Crippen LogP contribution in [0, 0.1) is 0 Å². The second-order valence-corrected chi connectivity index (χ2v) is 20.9. The molecule has 436 valence electrons. The molecule has 3 N–H and O–H groups in total. The van der Waals surface area contributed by atoms with Gasteiger partial charge in [-0.1, -0.05) is 243 Å². The van der Waals surface area contributed by atoms with Crippen LogP contribution >= 0.6 is 7.82 Å². The fourth-order valence-electron chi connectivity index (χ4n) is 7.75. The molecule has 0 bridgehead atoms. The molecular weight excluding hydrogens is 978 g/mol. The third-order valence-corrected chi connectivity index (χ3v) is 13.2. The van der Waals surface area contributed by atoms with Crippen molar-refractivity contribution < 1.29 is 37.6 Å². The summed E-state index contributed by atoms with van der Waals surface area (Å²) in [5.74, 6) is -0.863. The van der Waals surface area contributed by atoms with Crippen molar-refractivity contribution in [3.63, 3.8) is 0 Å². The van der Waals surface area contributed by atoms with E-state index in [-0.39, 0.29) is 32.6 Å². The molecule has 0 aromatic carbocycles. The number of carbonyl (C=O) groups is 2. The third kappa shape index (κ3) is 61.0. The van der Waals surface area contributed by atoms with E-state index in [0.717, 1.165) is 135 Å². The molecule has 2 unspecified atom stereocenters. The summed E-state index contributed by atoms with van der Waals surface area (Å²) in [6.07, 6.45) is 87.6. The van der Waals surface area contributed by atoms with Crippen molar-refractivity contribution in [3.05, 3.63) is 146 Å². The second kappa shape index (κ2) is 61.1. The monoisotopic (exact) mass is 1090 g/mol. The topological polar surface area (TPSA) is 134 Å². The van der Waals surface area contributed by atoms with Gasteiger partial charge in [-0.15, -0.1) is 0 Å². The summed E-state index contributed by atoms with van der Waals surface area (Å²) in [5.41, 5.74) is 5.38. The van der Waals surface area contributed by atoms with Crippen LogP contribution in [-0.4, -0.2) is 49.3 Å². The van der Waals surface area contributed by atoms with Gasteiger partial charge in [0.15, 0.2) is 6.10 Å². The molecule has 0 radical (unpaired) electrons. The van der Waals surface area contributed by atoms with Crippen molar-refractivity contribution in [2.24, 2.45) is 5.73 Å². The molecule has 0 aliphatic carbocycles. The van der Waals surface area contributed by atoms with Crippen molar-refractivity contribution in [3.8, 4) is 0 Å². The largest absolute Gasteiger partial charge is 0.472 e. The summed E-state index contributed by atoms with van der Waals surface area (Å²) in [6, 6.07) is 0. The minimum absolute atomic E-state index is 0.0423. The summed E-state index contributed by atoms with van der Waals surface area (Å²) in [7, 11) is -4.40. The van der Waals surface area contributed by atoms with E-state index < -0.39 is 32.5 Å². The van der Waals surface area contributed by atoms with Crippen LogP contribution in [0.1, 0.15) is 232 Å². The molecule has 2 atom stereocenters. The van der Waals surface area contributed by atoms with Gasteiger partial charge in [0.1, 0.15) is 6.61 Å². The lowest BCUT2D eigenvalue weighted by molar-refractivity contribution is -0.161. The number of esters is 2. The Labute approximate surface area is 471 Å². The summed E-state index contributed by atoms with van der Waals surface area (Å²) < 4.78 is 33.0. The lowest BCUT2D eigenvalue weighted by Crippen LogP contribution is -2.29. The highest BCUT2D eigenvalue weighted by atomic mass is 31.2. The normalized spacial score (nSPS) is 14.1. The Bertz CT molecular complexity index is 1770. The van der Waals surface area contributed by atoms with Crippen LogP contribution in [0.3, 0.4) is 0 Å². The van der Waals surface area contributed by atoms with Gasteiger partial charge < -0.3 is 20.1 Å². The first-order chi connectivity index (χ1) is 37.8. The predicted octanol–water partition coefficient (Wildman–Crippen LogP) is 19.5. The third-order valence-electron chi connectivity index (χ3n) is 12.2. The Balaban J connectivity index is 4.05. The quantitative estimate of drug-likeness (QED) is 0.0264. The van der Waals surface area contributed by atoms with Gasteiger partial charge in [-0.3, -0.25) is 18.6 Å². The molecule has 0 aromatic rings. The average Bonchev–Trinajstić information content (AvgIpc) is 3.42. The highest BCUT2D eigenvalue weighted by Gasteiger charge is 2.26. The lowest BCUT2D eigenvalue weighted by atomic mass is 10.1. The molecule has 0 rings (SSSR count). The van der Waals surface area contributed by atoms with Crippen LogP contribution in [0.5, 0.6) is 0 Å². The zero-order chi connectivity index (χ0) is 55.9. The molecule has 77 heavy (non-hydrogen) atoms. The first-order valence-electron chi connectivity index (χ1n) is 30.3. The van der Waals surface area contributed by atoms with Crippen molar-refractivity contribution in [2.45, 2.75) is 238 Å². The maximum atomic E-state index is 12.7. The predicted molar refractivity (Wildman–Crippen MR) is 330 cm³/mol. The Morgan fingerprint density at radius 1 is 0.403 bits per heavy atom. The van der Waals surface area contributed by atoms with Crippen LogP contribution in [0.2, 0.25) is 0 Å². The van der Waals surface area contributed by atoms with Gasteiger partial charge in [0, 0.05) is 19.4 Å². The molecule has 9 nitrogen and oxygen atoms in total. The number of allylic oxidation sites excluding steroid dienone is 24. The van der Waals surface area contributed by atoms with E-state index in [0.29, 0.717) is 6.42 Å². The maximum absolute atomic E-state index is 12.7. The Hall–Kier alpha value is -4.11. The summed E-state index contributed by atoms with van der Waals surface area (Å²) in [4.78, 5) is 35.2. The molecule has 0 saturated heterocycles. The number of unbranched alkanes of at least 4 members (excludes halogenated alkanes) is 18. The highest BCUT2D eigenvalue weighted by Crippen LogP contribution is 2.43. The van der Waals surface area contributed by atoms with E-state index in [1.807, 2.05) is 0 Å². The van der Waals surface area contributed by atoms with Crippen molar-refractivity contribution in [2.75, 3.05) is 26.4 Å². The number of carbonyl (C=O) groups excluding carboxylic acids is 2. The Morgan fingerprint density at radius 3 is 1.08 bits per heavy atom. The standard InChI is InChI=1S/C67H110NO8P/c1-3-5-7-9-11-13-15-17-19-21-22-23-24-25-26-27-28-29-30-31-32-33-34-35-36-37-38-39-40-41-42-44-46-48-50-52-54-56-58-60-67(70)76-65(64-75-77(71,72)74-62-61-68)63-73-66(69)59-57-55-53-51-49-47-45-43-20-18-16-14-12-10-8-6-4-2/h5,7,11,13,17-20,22-23,25-26,28-29,31-32,34-35,37-38,40-41,44,46,65H,3-4,6,8-10,12,14-16,21,24,27,30,33,36,39,42-43,45,47-64,68H2,1-2H3,(H,71,72)/b7-5-,13-11-,19-17-,20-18-,23-22-,26-25-,29-28-,32-31-,35-34-,38-37-,41-40-,46-44-. The number of nitrogens with two attached hydrogens (primary N) is 1. The van der Waals surface area contributed by atoms with Crippen LogP contribution in [0.25, 0.3) is 0 Å². The first kappa shape index (κ1) is 72.9. The molecule has 0 spiro atoms. The number of rotatable bonds is 55. The average molecular weight is 1090 g/mol. The smallest absolute Gasteiger partial charge is 0.462 e. The molecule has 0 aliphatic heterocycles. The minimum atomic E-state index is -4.40. The fourth-order valence-corrected chi connectivity index (χ4v) is 8.52. The van der Waals surface area contributed by atoms with Crippen LogP contribution < -0.4 is 5.73 Å². The first-order valence-corrected chi connectivity index (χ1v) is 31.8. The van der Waals surface area contributed by atoms with Crippen LogP contribution in [0.4, 0.5) is 0 Å². The molecular formula is C67H110NO8P. The zero-order valence-electron chi connectivity index (χ0n) is 48.6. The molecule has 0 aliphatic rings. The van der Waals surface area contributed by atoms with E-state index in [4.69, 9.17) is 24.3 Å². The van der Waals surface area contributed by atoms with E-state index >= 15 is 0 Å². The van der Waals surface area contributed by atoms with Gasteiger partial charge in [0.05, 0.1) is 13.2 Å². The van der Waals surface area contributed by atoms with Gasteiger partial charge >= 0.3 is 19.8 Å². The lowest BCUT2D eigenvalue weighted by Gasteiger charge is -2.19. The number of hydrogen-bond donors (Lipinski definition) is 2. The summed E-state index contributed by atoms with van der Waals surface area (Å²) in [6.45, 7) is 3.58. The molecule has 10 heteroatoms. The zero-order valence-corrected chi connectivity index (χ0v) is 49.5. The van der Waals surface area contributed by atoms with Crippen LogP contribution in [-0.2, 0) is 32.7 Å². The fraction of sp³-hybridized carbons (Fsp3) is 0.612. The molecule has 0 fully saturated rings. The Morgan fingerprint density at radius 2 is 0.714 bits per heavy atom. The van der Waals surface area contributed by atoms with Gasteiger partial charge in [0.2, 0.25) is 0 Å². The van der Waals surface area contributed by atoms with E-state index in [1.165, 1.54) is 64.2 Å². The number of phosphoric ester groups is 1. The molecule has 0 amide bonds.